The van der Waals surface area contributed by atoms with E-state index in [1.165, 1.54) is 11.1 Å². The summed E-state index contributed by atoms with van der Waals surface area (Å²) in [5.41, 5.74) is 2.59. The van der Waals surface area contributed by atoms with Gasteiger partial charge >= 0.3 is 0 Å². The number of benzene rings is 1. The van der Waals surface area contributed by atoms with Crippen LogP contribution in [0.3, 0.4) is 0 Å². The summed E-state index contributed by atoms with van der Waals surface area (Å²) in [7, 11) is 3.32. The fourth-order valence-electron chi connectivity index (χ4n) is 1.74. The summed E-state index contributed by atoms with van der Waals surface area (Å²) in [6, 6.07) is 4.08. The number of hydrogen-bond acceptors (Lipinski definition) is 2. The number of methoxy groups -OCH3 is 2. The predicted octanol–water partition coefficient (Wildman–Crippen LogP) is 1.36. The molecule has 0 atom stereocenters. The zero-order valence-electron chi connectivity index (χ0n) is 8.54. The molecule has 0 bridgehead atoms. The summed E-state index contributed by atoms with van der Waals surface area (Å²) >= 11 is 0. The Hall–Kier alpha value is -1.22. The summed E-state index contributed by atoms with van der Waals surface area (Å²) < 4.78 is 10.5. The Balaban J connectivity index is 2.43. The van der Waals surface area contributed by atoms with Crippen LogP contribution in [-0.4, -0.2) is 20.8 Å². The fraction of sp³-hybridized carbons (Fsp3) is 0.455. The van der Waals surface area contributed by atoms with Crippen molar-refractivity contribution < 1.29 is 9.47 Å². The van der Waals surface area contributed by atoms with Crippen LogP contribution in [0.2, 0.25) is 0 Å². The molecule has 1 aliphatic rings. The van der Waals surface area contributed by atoms with Gasteiger partial charge in [-0.1, -0.05) is 0 Å². The average Bonchev–Trinajstić information content (AvgIpc) is 2.27. The number of nitrogens with zero attached hydrogens (tertiary/aromatic N) is 1. The molecule has 1 heterocycles. The average molecular weight is 192 g/mol. The predicted molar refractivity (Wildman–Crippen MR) is 54.0 cm³/mol. The van der Waals surface area contributed by atoms with Gasteiger partial charge < -0.3 is 9.47 Å². The second-order valence-electron chi connectivity index (χ2n) is 3.33. The monoisotopic (exact) mass is 192 g/mol. The minimum atomic E-state index is 0.795. The zero-order valence-corrected chi connectivity index (χ0v) is 8.54. The molecule has 0 amide bonds. The van der Waals surface area contributed by atoms with Crippen molar-refractivity contribution in [1.82, 2.24) is 5.32 Å². The van der Waals surface area contributed by atoms with Crippen molar-refractivity contribution in [2.24, 2.45) is 0 Å². The quantitative estimate of drug-likeness (QED) is 0.708. The fourth-order valence-corrected chi connectivity index (χ4v) is 1.74. The zero-order chi connectivity index (χ0) is 9.97. The van der Waals surface area contributed by atoms with E-state index in [1.54, 1.807) is 14.2 Å². The van der Waals surface area contributed by atoms with E-state index in [0.29, 0.717) is 0 Å². The van der Waals surface area contributed by atoms with Crippen LogP contribution in [0.4, 0.5) is 0 Å². The molecular formula is C11H14NO2. The van der Waals surface area contributed by atoms with Gasteiger partial charge in [-0.3, -0.25) is 0 Å². The summed E-state index contributed by atoms with van der Waals surface area (Å²) in [5.74, 6) is 1.61. The molecular weight excluding hydrogens is 178 g/mol. The Bertz CT molecular complexity index is 292. The molecule has 0 saturated carbocycles. The Kier molecular flexibility index (Phi) is 2.59. The summed E-state index contributed by atoms with van der Waals surface area (Å²) in [6.07, 6.45) is 1.01. The lowest BCUT2D eigenvalue weighted by Crippen LogP contribution is -2.17. The van der Waals surface area contributed by atoms with Crippen molar-refractivity contribution in [3.8, 4) is 11.5 Å². The second-order valence-corrected chi connectivity index (χ2v) is 3.33. The molecule has 0 aliphatic carbocycles. The first kappa shape index (κ1) is 9.34. The minimum absolute atomic E-state index is 0.795. The van der Waals surface area contributed by atoms with Crippen molar-refractivity contribution in [3.05, 3.63) is 23.3 Å². The SMILES string of the molecule is COc1cc2c(cc1OC)C[N]CC2. The first-order valence-corrected chi connectivity index (χ1v) is 4.72. The lowest BCUT2D eigenvalue weighted by atomic mass is 10.0. The third kappa shape index (κ3) is 1.55. The summed E-state index contributed by atoms with van der Waals surface area (Å²) in [4.78, 5) is 0. The summed E-state index contributed by atoms with van der Waals surface area (Å²) in [6.45, 7) is 1.72. The van der Waals surface area contributed by atoms with Crippen LogP contribution < -0.4 is 14.8 Å². The topological polar surface area (TPSA) is 32.6 Å². The first-order chi connectivity index (χ1) is 6.85. The Morgan fingerprint density at radius 1 is 1.07 bits per heavy atom. The number of fused-ring (bicyclic) bond motifs is 1. The smallest absolute Gasteiger partial charge is 0.161 e. The maximum atomic E-state index is 5.25. The molecule has 2 rings (SSSR count). The van der Waals surface area contributed by atoms with E-state index in [2.05, 4.69) is 11.4 Å². The Labute approximate surface area is 84.0 Å². The van der Waals surface area contributed by atoms with Crippen molar-refractivity contribution in [3.63, 3.8) is 0 Å². The van der Waals surface area contributed by atoms with Gasteiger partial charge in [-0.25, -0.2) is 5.32 Å². The minimum Gasteiger partial charge on any atom is -0.493 e. The number of hydrogen-bond donors (Lipinski definition) is 0. The van der Waals surface area contributed by atoms with Gasteiger partial charge in [0.2, 0.25) is 0 Å². The molecule has 3 nitrogen and oxygen atoms in total. The Morgan fingerprint density at radius 2 is 1.71 bits per heavy atom. The van der Waals surface area contributed by atoms with Crippen LogP contribution in [0.15, 0.2) is 12.1 Å². The Morgan fingerprint density at radius 3 is 2.36 bits per heavy atom. The van der Waals surface area contributed by atoms with E-state index in [1.807, 2.05) is 6.07 Å². The molecule has 1 radical (unpaired) electrons. The highest BCUT2D eigenvalue weighted by atomic mass is 16.5. The highest BCUT2D eigenvalue weighted by molar-refractivity contribution is 5.48. The molecule has 1 aliphatic heterocycles. The standard InChI is InChI=1S/C11H14NO2/c1-13-10-5-8-3-4-12-7-9(8)6-11(10)14-2/h5-6H,3-4,7H2,1-2H3. The molecule has 0 N–H and O–H groups in total. The van der Waals surface area contributed by atoms with Crippen molar-refractivity contribution in [2.75, 3.05) is 20.8 Å². The van der Waals surface area contributed by atoms with Gasteiger partial charge in [0.15, 0.2) is 11.5 Å². The maximum absolute atomic E-state index is 5.25. The van der Waals surface area contributed by atoms with Gasteiger partial charge in [0.05, 0.1) is 14.2 Å². The largest absolute Gasteiger partial charge is 0.493 e. The van der Waals surface area contributed by atoms with Gasteiger partial charge in [-0.2, -0.15) is 0 Å². The molecule has 1 aromatic carbocycles. The second kappa shape index (κ2) is 3.88. The van der Waals surface area contributed by atoms with Gasteiger partial charge in [-0.15, -0.1) is 0 Å². The molecule has 1 aromatic rings. The van der Waals surface area contributed by atoms with E-state index < -0.39 is 0 Å². The van der Waals surface area contributed by atoms with Crippen molar-refractivity contribution >= 4 is 0 Å². The highest BCUT2D eigenvalue weighted by Gasteiger charge is 2.14. The summed E-state index contributed by atoms with van der Waals surface area (Å²) in [5, 5.41) is 4.35. The van der Waals surface area contributed by atoms with Crippen LogP contribution >= 0.6 is 0 Å². The van der Waals surface area contributed by atoms with Gasteiger partial charge in [0.1, 0.15) is 0 Å². The molecule has 0 aromatic heterocycles. The van der Waals surface area contributed by atoms with Gasteiger partial charge in [0.25, 0.3) is 0 Å². The normalized spacial score (nSPS) is 14.7. The van der Waals surface area contributed by atoms with Gasteiger partial charge in [-0.05, 0) is 29.7 Å². The third-order valence-electron chi connectivity index (χ3n) is 2.53. The van der Waals surface area contributed by atoms with Crippen molar-refractivity contribution in [2.45, 2.75) is 13.0 Å². The molecule has 0 spiro atoms. The van der Waals surface area contributed by atoms with Crippen LogP contribution in [0.25, 0.3) is 0 Å². The van der Waals surface area contributed by atoms with E-state index in [9.17, 15) is 0 Å². The van der Waals surface area contributed by atoms with E-state index in [0.717, 1.165) is 31.0 Å². The lowest BCUT2D eigenvalue weighted by molar-refractivity contribution is 0.353. The maximum Gasteiger partial charge on any atom is 0.161 e. The van der Waals surface area contributed by atoms with E-state index in [-0.39, 0.29) is 0 Å². The highest BCUT2D eigenvalue weighted by Crippen LogP contribution is 2.31. The van der Waals surface area contributed by atoms with Crippen molar-refractivity contribution in [1.29, 1.82) is 0 Å². The van der Waals surface area contributed by atoms with E-state index >= 15 is 0 Å². The molecule has 0 unspecified atom stereocenters. The molecule has 3 heteroatoms. The van der Waals surface area contributed by atoms with Crippen LogP contribution in [0, 0.1) is 0 Å². The first-order valence-electron chi connectivity index (χ1n) is 4.72. The number of rotatable bonds is 2. The number of ether oxygens (including phenoxy) is 2. The van der Waals surface area contributed by atoms with Crippen LogP contribution in [0.1, 0.15) is 11.1 Å². The molecule has 0 fully saturated rings. The lowest BCUT2D eigenvalue weighted by Gasteiger charge is -2.18. The van der Waals surface area contributed by atoms with Crippen LogP contribution in [0.5, 0.6) is 11.5 Å². The third-order valence-corrected chi connectivity index (χ3v) is 2.53. The molecule has 0 saturated heterocycles. The molecule has 14 heavy (non-hydrogen) atoms. The molecule has 75 valence electrons. The van der Waals surface area contributed by atoms with Gasteiger partial charge in [0, 0.05) is 13.1 Å². The van der Waals surface area contributed by atoms with E-state index in [4.69, 9.17) is 9.47 Å². The van der Waals surface area contributed by atoms with Crippen LogP contribution in [-0.2, 0) is 13.0 Å².